The van der Waals surface area contributed by atoms with Crippen LogP contribution in [0.5, 0.6) is 11.5 Å². The van der Waals surface area contributed by atoms with Crippen LogP contribution >= 0.6 is 15.9 Å². The first-order valence-electron chi connectivity index (χ1n) is 6.97. The lowest BCUT2D eigenvalue weighted by atomic mass is 10.0. The van der Waals surface area contributed by atoms with Crippen molar-refractivity contribution in [1.82, 2.24) is 0 Å². The van der Waals surface area contributed by atoms with E-state index >= 15 is 0 Å². The van der Waals surface area contributed by atoms with Crippen LogP contribution in [0.2, 0.25) is 0 Å². The third-order valence-electron chi connectivity index (χ3n) is 3.38. The number of benzene rings is 2. The number of hydrogen-bond acceptors (Lipinski definition) is 2. The Labute approximate surface area is 133 Å². The minimum absolute atomic E-state index is 0.183. The molecule has 21 heavy (non-hydrogen) atoms. The summed E-state index contributed by atoms with van der Waals surface area (Å²) in [6, 6.07) is 10.6. The Kier molecular flexibility index (Phi) is 5.37. The highest BCUT2D eigenvalue weighted by Gasteiger charge is 2.08. The minimum Gasteiger partial charge on any atom is -0.456 e. The Morgan fingerprint density at radius 1 is 1.19 bits per heavy atom. The van der Waals surface area contributed by atoms with Crippen LogP contribution in [0.3, 0.4) is 0 Å². The zero-order chi connectivity index (χ0) is 15.4. The lowest BCUT2D eigenvalue weighted by molar-refractivity contribution is 0.473. The van der Waals surface area contributed by atoms with Gasteiger partial charge in [-0.3, -0.25) is 0 Å². The summed E-state index contributed by atoms with van der Waals surface area (Å²) in [5, 5.41) is 0. The first-order valence-corrected chi connectivity index (χ1v) is 7.77. The Hall–Kier alpha value is -1.39. The fourth-order valence-corrected chi connectivity index (χ4v) is 2.51. The van der Waals surface area contributed by atoms with Crippen LogP contribution in [-0.2, 0) is 6.42 Å². The van der Waals surface area contributed by atoms with Gasteiger partial charge in [0.05, 0.1) is 4.47 Å². The van der Waals surface area contributed by atoms with Crippen molar-refractivity contribution in [3.63, 3.8) is 0 Å². The van der Waals surface area contributed by atoms with E-state index in [1.165, 1.54) is 17.7 Å². The summed E-state index contributed by atoms with van der Waals surface area (Å²) in [7, 11) is 0. The summed E-state index contributed by atoms with van der Waals surface area (Å²) < 4.78 is 19.5. The van der Waals surface area contributed by atoms with E-state index < -0.39 is 0 Å². The van der Waals surface area contributed by atoms with Gasteiger partial charge in [-0.15, -0.1) is 0 Å². The summed E-state index contributed by atoms with van der Waals surface area (Å²) in [5.74, 6) is 1.06. The second-order valence-electron chi connectivity index (χ2n) is 5.15. The molecule has 0 amide bonds. The molecule has 2 N–H and O–H groups in total. The van der Waals surface area contributed by atoms with Crippen molar-refractivity contribution in [2.75, 3.05) is 0 Å². The highest BCUT2D eigenvalue weighted by molar-refractivity contribution is 9.10. The molecule has 0 spiro atoms. The number of halogens is 2. The molecule has 0 aliphatic rings. The van der Waals surface area contributed by atoms with Crippen LogP contribution in [0.4, 0.5) is 4.39 Å². The van der Waals surface area contributed by atoms with E-state index in [2.05, 4.69) is 28.9 Å². The molecule has 112 valence electrons. The second kappa shape index (κ2) is 7.05. The molecule has 0 heterocycles. The maximum atomic E-state index is 13.1. The Bertz CT molecular complexity index is 630. The monoisotopic (exact) mass is 351 g/mol. The van der Waals surface area contributed by atoms with E-state index in [1.54, 1.807) is 6.07 Å². The predicted octanol–water partition coefficient (Wildman–Crippen LogP) is 4.97. The molecular weight excluding hydrogens is 333 g/mol. The van der Waals surface area contributed by atoms with Gasteiger partial charge in [0.2, 0.25) is 0 Å². The van der Waals surface area contributed by atoms with Gasteiger partial charge < -0.3 is 10.5 Å². The number of ether oxygens (including phenoxy) is 1. The Morgan fingerprint density at radius 3 is 2.52 bits per heavy atom. The Morgan fingerprint density at radius 2 is 1.90 bits per heavy atom. The molecule has 4 heteroatoms. The van der Waals surface area contributed by atoms with Gasteiger partial charge in [0.25, 0.3) is 0 Å². The summed E-state index contributed by atoms with van der Waals surface area (Å²) in [6.45, 7) is 4.08. The molecular formula is C17H19BrFNO. The summed E-state index contributed by atoms with van der Waals surface area (Å²) in [6.07, 6.45) is 1.82. The number of aryl methyl sites for hydroxylation is 1. The highest BCUT2D eigenvalue weighted by atomic mass is 79.9. The lowest BCUT2D eigenvalue weighted by Crippen LogP contribution is -2.21. The SMILES string of the molecule is CCC(N)Cc1ccc(Oc2ccc(F)cc2Br)c(C)c1. The van der Waals surface area contributed by atoms with Crippen LogP contribution < -0.4 is 10.5 Å². The van der Waals surface area contributed by atoms with E-state index in [1.807, 2.05) is 19.1 Å². The van der Waals surface area contributed by atoms with E-state index in [4.69, 9.17) is 10.5 Å². The van der Waals surface area contributed by atoms with Crippen molar-refractivity contribution in [2.24, 2.45) is 5.73 Å². The number of rotatable bonds is 5. The quantitative estimate of drug-likeness (QED) is 0.825. The van der Waals surface area contributed by atoms with Gasteiger partial charge in [-0.1, -0.05) is 19.1 Å². The maximum Gasteiger partial charge on any atom is 0.141 e. The van der Waals surface area contributed by atoms with Gasteiger partial charge in [0.15, 0.2) is 0 Å². The van der Waals surface area contributed by atoms with Crippen LogP contribution in [0.1, 0.15) is 24.5 Å². The normalized spacial score (nSPS) is 12.2. The van der Waals surface area contributed by atoms with Crippen molar-refractivity contribution in [3.05, 3.63) is 57.8 Å². The molecule has 2 aromatic carbocycles. The zero-order valence-corrected chi connectivity index (χ0v) is 13.8. The maximum absolute atomic E-state index is 13.1. The molecule has 1 unspecified atom stereocenters. The summed E-state index contributed by atoms with van der Waals surface area (Å²) in [5.41, 5.74) is 8.21. The smallest absolute Gasteiger partial charge is 0.141 e. The molecule has 0 radical (unpaired) electrons. The first kappa shape index (κ1) is 16.0. The molecule has 0 saturated heterocycles. The highest BCUT2D eigenvalue weighted by Crippen LogP contribution is 2.32. The molecule has 2 rings (SSSR count). The van der Waals surface area contributed by atoms with Crippen LogP contribution in [0, 0.1) is 12.7 Å². The van der Waals surface area contributed by atoms with Crippen molar-refractivity contribution in [1.29, 1.82) is 0 Å². The average Bonchev–Trinajstić information content (AvgIpc) is 2.44. The molecule has 2 aromatic rings. The van der Waals surface area contributed by atoms with E-state index in [0.29, 0.717) is 10.2 Å². The van der Waals surface area contributed by atoms with Crippen LogP contribution in [-0.4, -0.2) is 6.04 Å². The molecule has 0 aromatic heterocycles. The molecule has 0 saturated carbocycles. The van der Waals surface area contributed by atoms with Gasteiger partial charge in [-0.25, -0.2) is 4.39 Å². The topological polar surface area (TPSA) is 35.2 Å². The molecule has 0 bridgehead atoms. The van der Waals surface area contributed by atoms with Crippen molar-refractivity contribution in [2.45, 2.75) is 32.7 Å². The summed E-state index contributed by atoms with van der Waals surface area (Å²) >= 11 is 3.30. The Balaban J connectivity index is 2.17. The minimum atomic E-state index is -0.296. The average molecular weight is 352 g/mol. The van der Waals surface area contributed by atoms with E-state index in [9.17, 15) is 4.39 Å². The molecule has 1 atom stereocenters. The van der Waals surface area contributed by atoms with Crippen LogP contribution in [0.15, 0.2) is 40.9 Å². The fourth-order valence-electron chi connectivity index (χ4n) is 2.08. The number of hydrogen-bond donors (Lipinski definition) is 1. The van der Waals surface area contributed by atoms with Crippen molar-refractivity contribution < 1.29 is 9.13 Å². The third kappa shape index (κ3) is 4.29. The van der Waals surface area contributed by atoms with Gasteiger partial charge in [0.1, 0.15) is 17.3 Å². The summed E-state index contributed by atoms with van der Waals surface area (Å²) in [4.78, 5) is 0. The van der Waals surface area contributed by atoms with Gasteiger partial charge in [-0.2, -0.15) is 0 Å². The largest absolute Gasteiger partial charge is 0.456 e. The van der Waals surface area contributed by atoms with Gasteiger partial charge in [-0.05, 0) is 71.1 Å². The van der Waals surface area contributed by atoms with Gasteiger partial charge in [0, 0.05) is 6.04 Å². The first-order chi connectivity index (χ1) is 9.99. The third-order valence-corrected chi connectivity index (χ3v) is 4.00. The molecule has 2 nitrogen and oxygen atoms in total. The van der Waals surface area contributed by atoms with Crippen molar-refractivity contribution >= 4 is 15.9 Å². The van der Waals surface area contributed by atoms with E-state index in [-0.39, 0.29) is 11.9 Å². The predicted molar refractivity (Wildman–Crippen MR) is 87.3 cm³/mol. The number of nitrogens with two attached hydrogens (primary N) is 1. The van der Waals surface area contributed by atoms with E-state index in [0.717, 1.165) is 24.2 Å². The van der Waals surface area contributed by atoms with Gasteiger partial charge >= 0.3 is 0 Å². The molecule has 0 aliphatic heterocycles. The fraction of sp³-hybridized carbons (Fsp3) is 0.294. The standard InChI is InChI=1S/C17H19BrFNO/c1-3-14(20)9-12-4-6-16(11(2)8-12)21-17-7-5-13(19)10-15(17)18/h4-8,10,14H,3,9,20H2,1-2H3. The van der Waals surface area contributed by atoms with Crippen LogP contribution in [0.25, 0.3) is 0 Å². The second-order valence-corrected chi connectivity index (χ2v) is 6.00. The molecule has 0 fully saturated rings. The molecule has 0 aliphatic carbocycles. The zero-order valence-electron chi connectivity index (χ0n) is 12.2. The lowest BCUT2D eigenvalue weighted by Gasteiger charge is -2.13. The van der Waals surface area contributed by atoms with Crippen molar-refractivity contribution in [3.8, 4) is 11.5 Å².